The Morgan fingerprint density at radius 3 is 1.72 bits per heavy atom. The Morgan fingerprint density at radius 2 is 1.24 bits per heavy atom. The Hall–Kier alpha value is -4.73. The number of carbonyl (C=O) groups excluding carboxylic acids is 4. The Labute approximate surface area is 274 Å². The van der Waals surface area contributed by atoms with Crippen LogP contribution in [0.25, 0.3) is 0 Å². The Kier molecular flexibility index (Phi) is 12.7. The van der Waals surface area contributed by atoms with Crippen molar-refractivity contribution in [2.45, 2.75) is 43.2 Å². The average Bonchev–Trinajstić information content (AvgIpc) is 3.10. The molecule has 0 heterocycles. The number of carbonyl (C=O) groups is 4. The van der Waals surface area contributed by atoms with Gasteiger partial charge in [0.2, 0.25) is 11.8 Å². The van der Waals surface area contributed by atoms with Crippen molar-refractivity contribution in [3.05, 3.63) is 144 Å². The summed E-state index contributed by atoms with van der Waals surface area (Å²) >= 11 is 1.52. The lowest BCUT2D eigenvalue weighted by molar-refractivity contribution is -0.146. The van der Waals surface area contributed by atoms with Crippen LogP contribution >= 0.6 is 11.8 Å². The van der Waals surface area contributed by atoms with Gasteiger partial charge in [-0.25, -0.2) is 0 Å². The monoisotopic (exact) mass is 637 g/mol. The molecule has 0 saturated heterocycles. The van der Waals surface area contributed by atoms with Gasteiger partial charge in [0, 0.05) is 12.2 Å². The van der Waals surface area contributed by atoms with Gasteiger partial charge in [-0.3, -0.25) is 19.2 Å². The molecule has 0 unspecified atom stereocenters. The fourth-order valence-corrected chi connectivity index (χ4v) is 6.56. The molecule has 4 N–H and O–H groups in total. The molecule has 0 aliphatic rings. The van der Waals surface area contributed by atoms with Gasteiger partial charge < -0.3 is 21.1 Å². The molecule has 0 bridgehead atoms. The van der Waals surface area contributed by atoms with Crippen molar-refractivity contribution in [3.63, 3.8) is 0 Å². The molecule has 238 valence electrons. The summed E-state index contributed by atoms with van der Waals surface area (Å²) < 4.78 is 4.58. The van der Waals surface area contributed by atoms with Gasteiger partial charge in [0.05, 0.1) is 11.3 Å². The number of Topliss-reactive ketones (excluding diaryl/α,β-unsaturated/α-hetero) is 1. The lowest BCUT2D eigenvalue weighted by Gasteiger charge is -2.36. The van der Waals surface area contributed by atoms with Crippen molar-refractivity contribution >= 4 is 35.3 Å². The highest BCUT2D eigenvalue weighted by molar-refractivity contribution is 8.00. The van der Waals surface area contributed by atoms with Gasteiger partial charge in [-0.15, -0.1) is 11.8 Å². The topological polar surface area (TPSA) is 128 Å². The molecule has 0 saturated carbocycles. The van der Waals surface area contributed by atoms with E-state index in [2.05, 4.69) is 47.0 Å². The maximum atomic E-state index is 13.4. The van der Waals surface area contributed by atoms with E-state index in [1.807, 2.05) is 84.9 Å². The molecule has 4 rings (SSSR count). The number of ketones is 1. The zero-order chi connectivity index (χ0) is 32.8. The quantitative estimate of drug-likeness (QED) is 0.120. The first-order valence-corrected chi connectivity index (χ1v) is 16.1. The van der Waals surface area contributed by atoms with Crippen LogP contribution in [0.15, 0.2) is 121 Å². The summed E-state index contributed by atoms with van der Waals surface area (Å²) in [6.07, 6.45) is -0.0552. The van der Waals surface area contributed by atoms with Crippen LogP contribution in [0.4, 0.5) is 0 Å². The fourth-order valence-electron chi connectivity index (χ4n) is 5.00. The Bertz CT molecular complexity index is 1470. The summed E-state index contributed by atoms with van der Waals surface area (Å²) in [6, 6.07) is 37.3. The van der Waals surface area contributed by atoms with Crippen LogP contribution in [-0.4, -0.2) is 47.9 Å². The summed E-state index contributed by atoms with van der Waals surface area (Å²) in [5.41, 5.74) is 9.88. The summed E-state index contributed by atoms with van der Waals surface area (Å²) in [5.74, 6) is -1.57. The highest BCUT2D eigenvalue weighted by Gasteiger charge is 2.38. The first-order valence-electron chi connectivity index (χ1n) is 15.1. The third kappa shape index (κ3) is 9.39. The molecular weight excluding hydrogens is 598 g/mol. The molecule has 4 aromatic rings. The molecule has 2 atom stereocenters. The zero-order valence-electron chi connectivity index (χ0n) is 25.8. The van der Waals surface area contributed by atoms with Gasteiger partial charge in [0.15, 0.2) is 0 Å². The molecule has 0 aromatic heterocycles. The molecule has 46 heavy (non-hydrogen) atoms. The third-order valence-electron chi connectivity index (χ3n) is 7.38. The van der Waals surface area contributed by atoms with E-state index >= 15 is 0 Å². The van der Waals surface area contributed by atoms with Crippen molar-refractivity contribution in [1.29, 1.82) is 0 Å². The van der Waals surface area contributed by atoms with Crippen molar-refractivity contribution in [1.82, 2.24) is 10.6 Å². The van der Waals surface area contributed by atoms with E-state index in [1.54, 1.807) is 0 Å². The van der Waals surface area contributed by atoms with E-state index in [4.69, 9.17) is 10.5 Å². The van der Waals surface area contributed by atoms with Crippen LogP contribution in [0, 0.1) is 0 Å². The Morgan fingerprint density at radius 1 is 0.761 bits per heavy atom. The Balaban J connectivity index is 1.52. The number of amides is 2. The van der Waals surface area contributed by atoms with Gasteiger partial charge in [-0.2, -0.15) is 0 Å². The molecule has 0 radical (unpaired) electrons. The minimum absolute atomic E-state index is 0.0381. The predicted octanol–water partition coefficient (Wildman–Crippen LogP) is 4.75. The first kappa shape index (κ1) is 34.1. The van der Waals surface area contributed by atoms with E-state index in [9.17, 15) is 19.2 Å². The van der Waals surface area contributed by atoms with Gasteiger partial charge in [0.25, 0.3) is 0 Å². The third-order valence-corrected chi connectivity index (χ3v) is 9.02. The number of nitrogens with one attached hydrogen (secondary N) is 2. The van der Waals surface area contributed by atoms with E-state index in [0.717, 1.165) is 22.3 Å². The number of hydrogen-bond donors (Lipinski definition) is 3. The lowest BCUT2D eigenvalue weighted by atomic mass is 9.84. The smallest absolute Gasteiger partial charge is 0.323 e. The number of ether oxygens (including phenoxy) is 1. The maximum absolute atomic E-state index is 13.4. The number of benzene rings is 4. The molecule has 0 spiro atoms. The summed E-state index contributed by atoms with van der Waals surface area (Å²) in [6.45, 7) is 1.31. The SMILES string of the molecule is CC(=O)CNC(=O)[C@H](CSC(c1ccccc1)(c1ccccc1)c1ccccc1)NC(=O)CC[C@H](N)C(=O)OCc1ccccc1. The molecule has 0 fully saturated rings. The van der Waals surface area contributed by atoms with Crippen LogP contribution in [-0.2, 0) is 35.3 Å². The van der Waals surface area contributed by atoms with Crippen molar-refractivity contribution in [2.24, 2.45) is 5.73 Å². The van der Waals surface area contributed by atoms with Crippen molar-refractivity contribution in [3.8, 4) is 0 Å². The zero-order valence-corrected chi connectivity index (χ0v) is 26.6. The molecule has 2 amide bonds. The van der Waals surface area contributed by atoms with Crippen molar-refractivity contribution < 1.29 is 23.9 Å². The minimum Gasteiger partial charge on any atom is -0.460 e. The number of thioether (sulfide) groups is 1. The standard InChI is InChI=1S/C37H39N3O5S/c1-27(41)24-39-35(43)33(40-34(42)23-22-32(38)36(44)45-25-28-14-6-2-7-15-28)26-46-37(29-16-8-3-9-17-29,30-18-10-4-11-19-30)31-20-12-5-13-21-31/h2-21,32-33H,22-26,38H2,1H3,(H,39,43)(H,40,42)/t32-,33-/m0/s1. The molecule has 4 aromatic carbocycles. The summed E-state index contributed by atoms with van der Waals surface area (Å²) in [4.78, 5) is 50.7. The number of rotatable bonds is 16. The van der Waals surface area contributed by atoms with Crippen LogP contribution in [0.2, 0.25) is 0 Å². The fraction of sp³-hybridized carbons (Fsp3) is 0.243. The van der Waals surface area contributed by atoms with Crippen LogP contribution in [0.3, 0.4) is 0 Å². The number of hydrogen-bond acceptors (Lipinski definition) is 7. The second-order valence-corrected chi connectivity index (χ2v) is 12.1. The highest BCUT2D eigenvalue weighted by atomic mass is 32.2. The summed E-state index contributed by atoms with van der Waals surface area (Å²) in [7, 11) is 0. The number of nitrogens with two attached hydrogens (primary N) is 1. The van der Waals surface area contributed by atoms with E-state index in [0.29, 0.717) is 0 Å². The second-order valence-electron chi connectivity index (χ2n) is 10.9. The normalized spacial score (nSPS) is 12.4. The van der Waals surface area contributed by atoms with E-state index in [1.165, 1.54) is 18.7 Å². The molecule has 8 nitrogen and oxygen atoms in total. The lowest BCUT2D eigenvalue weighted by Crippen LogP contribution is -2.50. The first-order chi connectivity index (χ1) is 22.3. The molecular formula is C37H39N3O5S. The van der Waals surface area contributed by atoms with Crippen molar-refractivity contribution in [2.75, 3.05) is 12.3 Å². The molecule has 0 aliphatic carbocycles. The minimum atomic E-state index is -1.00. The average molecular weight is 638 g/mol. The molecule has 0 aliphatic heterocycles. The van der Waals surface area contributed by atoms with E-state index < -0.39 is 34.6 Å². The molecule has 9 heteroatoms. The second kappa shape index (κ2) is 17.1. The van der Waals surface area contributed by atoms with Gasteiger partial charge >= 0.3 is 5.97 Å². The van der Waals surface area contributed by atoms with Gasteiger partial charge in [-0.05, 0) is 35.6 Å². The van der Waals surface area contributed by atoms with Gasteiger partial charge in [0.1, 0.15) is 24.5 Å². The van der Waals surface area contributed by atoms with Crippen LogP contribution in [0.1, 0.15) is 42.0 Å². The van der Waals surface area contributed by atoms with Gasteiger partial charge in [-0.1, -0.05) is 121 Å². The number of esters is 1. The maximum Gasteiger partial charge on any atom is 0.323 e. The van der Waals surface area contributed by atoms with E-state index in [-0.39, 0.29) is 37.5 Å². The predicted molar refractivity (Wildman–Crippen MR) is 181 cm³/mol. The summed E-state index contributed by atoms with van der Waals surface area (Å²) in [5, 5.41) is 5.47. The highest BCUT2D eigenvalue weighted by Crippen LogP contribution is 2.48. The largest absolute Gasteiger partial charge is 0.460 e. The van der Waals surface area contributed by atoms with Crippen LogP contribution < -0.4 is 16.4 Å². The van der Waals surface area contributed by atoms with Crippen LogP contribution in [0.5, 0.6) is 0 Å².